The predicted octanol–water partition coefficient (Wildman–Crippen LogP) is 4.03. The van der Waals surface area contributed by atoms with Gasteiger partial charge in [-0.05, 0) is 24.6 Å². The summed E-state index contributed by atoms with van der Waals surface area (Å²) in [5.74, 6) is 0.0294. The van der Waals surface area contributed by atoms with Crippen molar-refractivity contribution in [3.05, 3.63) is 77.9 Å². The summed E-state index contributed by atoms with van der Waals surface area (Å²) in [7, 11) is 0. The van der Waals surface area contributed by atoms with Crippen molar-refractivity contribution in [2.75, 3.05) is 4.90 Å². The van der Waals surface area contributed by atoms with E-state index in [0.717, 1.165) is 11.3 Å². The van der Waals surface area contributed by atoms with E-state index in [1.54, 1.807) is 0 Å². The fourth-order valence-corrected chi connectivity index (χ4v) is 2.67. The van der Waals surface area contributed by atoms with Gasteiger partial charge in [0.25, 0.3) is 5.91 Å². The molecule has 0 saturated carbocycles. The molecule has 1 saturated heterocycles. The Morgan fingerprint density at radius 3 is 2.35 bits per heavy atom. The number of benzene rings is 2. The normalized spacial score (nSPS) is 18.6. The van der Waals surface area contributed by atoms with Gasteiger partial charge in [-0.2, -0.15) is 0 Å². The molecule has 3 rings (SSSR count). The average molecular weight is 263 g/mol. The Morgan fingerprint density at radius 1 is 1.05 bits per heavy atom. The molecule has 1 unspecified atom stereocenters. The van der Waals surface area contributed by atoms with Gasteiger partial charge in [0.2, 0.25) is 0 Å². The zero-order valence-corrected chi connectivity index (χ0v) is 11.5. The van der Waals surface area contributed by atoms with E-state index in [2.05, 4.69) is 37.8 Å². The van der Waals surface area contributed by atoms with Gasteiger partial charge in [0.15, 0.2) is 0 Å². The molecule has 2 aromatic carbocycles. The molecule has 100 valence electrons. The number of hydrogen-bond acceptors (Lipinski definition) is 1. The Balaban J connectivity index is 2.02. The van der Waals surface area contributed by atoms with Gasteiger partial charge in [-0.15, -0.1) is 0 Å². The van der Waals surface area contributed by atoms with Crippen LogP contribution in [-0.2, 0) is 4.79 Å². The molecule has 1 aliphatic heterocycles. The number of nitrogens with zero attached hydrogens (tertiary/aromatic N) is 1. The van der Waals surface area contributed by atoms with Crippen LogP contribution in [-0.4, -0.2) is 5.91 Å². The van der Waals surface area contributed by atoms with Crippen LogP contribution in [0.2, 0.25) is 0 Å². The van der Waals surface area contributed by atoms with Gasteiger partial charge in [0.05, 0.1) is 6.04 Å². The molecule has 0 radical (unpaired) electrons. The van der Waals surface area contributed by atoms with E-state index < -0.39 is 0 Å². The Bertz CT molecular complexity index is 643. The molecule has 2 heteroatoms. The minimum atomic E-state index is 0.0294. The molecule has 20 heavy (non-hydrogen) atoms. The second-order valence-corrected chi connectivity index (χ2v) is 5.24. The maximum atomic E-state index is 12.4. The van der Waals surface area contributed by atoms with Gasteiger partial charge in [-0.25, -0.2) is 0 Å². The van der Waals surface area contributed by atoms with Gasteiger partial charge in [0, 0.05) is 17.7 Å². The van der Waals surface area contributed by atoms with Crippen molar-refractivity contribution in [2.45, 2.75) is 19.4 Å². The zero-order chi connectivity index (χ0) is 14.1. The highest BCUT2D eigenvalue weighted by Crippen LogP contribution is 2.38. The first-order chi connectivity index (χ1) is 9.66. The molecule has 0 spiro atoms. The third-order valence-corrected chi connectivity index (χ3v) is 3.77. The summed E-state index contributed by atoms with van der Waals surface area (Å²) >= 11 is 0. The number of para-hydroxylation sites is 1. The third kappa shape index (κ3) is 2.14. The van der Waals surface area contributed by atoms with E-state index in [-0.39, 0.29) is 11.9 Å². The SMILES string of the molecule is C=C1CC(c2ccc(C)cc2)N(c2ccccc2)C1=O. The van der Waals surface area contributed by atoms with Crippen LogP contribution in [0.5, 0.6) is 0 Å². The topological polar surface area (TPSA) is 20.3 Å². The van der Waals surface area contributed by atoms with Crippen LogP contribution in [0.25, 0.3) is 0 Å². The Morgan fingerprint density at radius 2 is 1.70 bits per heavy atom. The van der Waals surface area contributed by atoms with E-state index >= 15 is 0 Å². The summed E-state index contributed by atoms with van der Waals surface area (Å²) in [6.07, 6.45) is 0.691. The molecule has 1 aliphatic rings. The highest BCUT2D eigenvalue weighted by atomic mass is 16.2. The molecule has 2 nitrogen and oxygen atoms in total. The predicted molar refractivity (Wildman–Crippen MR) is 81.6 cm³/mol. The molecular weight excluding hydrogens is 246 g/mol. The number of hydrogen-bond donors (Lipinski definition) is 0. The summed E-state index contributed by atoms with van der Waals surface area (Å²) in [4.78, 5) is 14.2. The van der Waals surface area contributed by atoms with E-state index in [1.165, 1.54) is 5.56 Å². The van der Waals surface area contributed by atoms with Crippen molar-refractivity contribution in [1.29, 1.82) is 0 Å². The largest absolute Gasteiger partial charge is 0.301 e. The minimum absolute atomic E-state index is 0.0294. The van der Waals surface area contributed by atoms with Crippen LogP contribution in [0.3, 0.4) is 0 Å². The van der Waals surface area contributed by atoms with Crippen LogP contribution in [0, 0.1) is 6.92 Å². The van der Waals surface area contributed by atoms with E-state index in [0.29, 0.717) is 12.0 Å². The Labute approximate surface area is 119 Å². The van der Waals surface area contributed by atoms with Crippen molar-refractivity contribution in [2.24, 2.45) is 0 Å². The molecule has 1 heterocycles. The molecule has 1 amide bonds. The Kier molecular flexibility index (Phi) is 3.15. The molecule has 2 aromatic rings. The lowest BCUT2D eigenvalue weighted by molar-refractivity contribution is -0.114. The molecule has 0 aliphatic carbocycles. The summed E-state index contributed by atoms with van der Waals surface area (Å²) < 4.78 is 0. The van der Waals surface area contributed by atoms with Crippen molar-refractivity contribution >= 4 is 11.6 Å². The van der Waals surface area contributed by atoms with Crippen LogP contribution < -0.4 is 4.90 Å². The van der Waals surface area contributed by atoms with Crippen LogP contribution in [0.15, 0.2) is 66.7 Å². The fourth-order valence-electron chi connectivity index (χ4n) is 2.67. The first-order valence-corrected chi connectivity index (χ1v) is 6.80. The highest BCUT2D eigenvalue weighted by Gasteiger charge is 2.35. The number of carbonyl (C=O) groups excluding carboxylic acids is 1. The number of carbonyl (C=O) groups is 1. The lowest BCUT2D eigenvalue weighted by Crippen LogP contribution is -2.27. The molecule has 1 atom stereocenters. The Hall–Kier alpha value is -2.35. The first-order valence-electron chi connectivity index (χ1n) is 6.80. The maximum Gasteiger partial charge on any atom is 0.254 e. The van der Waals surface area contributed by atoms with E-state index in [9.17, 15) is 4.79 Å². The first kappa shape index (κ1) is 12.7. The van der Waals surface area contributed by atoms with Crippen LogP contribution >= 0.6 is 0 Å². The van der Waals surface area contributed by atoms with Gasteiger partial charge >= 0.3 is 0 Å². The van der Waals surface area contributed by atoms with Gasteiger partial charge < -0.3 is 4.90 Å². The number of amides is 1. The van der Waals surface area contributed by atoms with Crippen molar-refractivity contribution < 1.29 is 4.79 Å². The van der Waals surface area contributed by atoms with Crippen molar-refractivity contribution in [3.63, 3.8) is 0 Å². The van der Waals surface area contributed by atoms with E-state index in [4.69, 9.17) is 0 Å². The fraction of sp³-hybridized carbons (Fsp3) is 0.167. The monoisotopic (exact) mass is 263 g/mol. The standard InChI is InChI=1S/C18H17NO/c1-13-8-10-15(11-9-13)17-12-14(2)18(20)19(17)16-6-4-3-5-7-16/h3-11,17H,2,12H2,1H3. The number of anilines is 1. The lowest BCUT2D eigenvalue weighted by atomic mass is 10.0. The van der Waals surface area contributed by atoms with E-state index in [1.807, 2.05) is 35.2 Å². The van der Waals surface area contributed by atoms with Crippen molar-refractivity contribution in [3.8, 4) is 0 Å². The molecule has 0 aromatic heterocycles. The second kappa shape index (κ2) is 4.97. The summed E-state index contributed by atoms with van der Waals surface area (Å²) in [5.41, 5.74) is 4.00. The third-order valence-electron chi connectivity index (χ3n) is 3.77. The number of rotatable bonds is 2. The minimum Gasteiger partial charge on any atom is -0.301 e. The summed E-state index contributed by atoms with van der Waals surface area (Å²) in [6, 6.07) is 18.2. The zero-order valence-electron chi connectivity index (χ0n) is 11.5. The van der Waals surface area contributed by atoms with Crippen molar-refractivity contribution in [1.82, 2.24) is 0 Å². The van der Waals surface area contributed by atoms with Crippen LogP contribution in [0.1, 0.15) is 23.6 Å². The van der Waals surface area contributed by atoms with Gasteiger partial charge in [-0.1, -0.05) is 54.6 Å². The summed E-state index contributed by atoms with van der Waals surface area (Å²) in [6.45, 7) is 5.98. The quantitative estimate of drug-likeness (QED) is 0.749. The average Bonchev–Trinajstić information content (AvgIpc) is 2.77. The van der Waals surface area contributed by atoms with Gasteiger partial charge in [-0.3, -0.25) is 4.79 Å². The number of aryl methyl sites for hydroxylation is 1. The van der Waals surface area contributed by atoms with Gasteiger partial charge in [0.1, 0.15) is 0 Å². The highest BCUT2D eigenvalue weighted by molar-refractivity contribution is 6.08. The summed E-state index contributed by atoms with van der Waals surface area (Å²) in [5, 5.41) is 0. The molecule has 0 bridgehead atoms. The lowest BCUT2D eigenvalue weighted by Gasteiger charge is -2.25. The molecule has 0 N–H and O–H groups in total. The maximum absolute atomic E-state index is 12.4. The smallest absolute Gasteiger partial charge is 0.254 e. The molecular formula is C18H17NO. The molecule has 1 fully saturated rings. The second-order valence-electron chi connectivity index (χ2n) is 5.24. The van der Waals surface area contributed by atoms with Crippen LogP contribution in [0.4, 0.5) is 5.69 Å².